The molecule has 0 radical (unpaired) electrons. The Hall–Kier alpha value is -1.85. The van der Waals surface area contributed by atoms with Crippen LogP contribution in [0.15, 0.2) is 23.9 Å². The van der Waals surface area contributed by atoms with Crippen LogP contribution in [0.5, 0.6) is 0 Å². The van der Waals surface area contributed by atoms with E-state index in [0.29, 0.717) is 30.1 Å². The molecule has 2 N–H and O–H groups in total. The first-order valence-corrected chi connectivity index (χ1v) is 14.8. The minimum absolute atomic E-state index is 0.0195. The van der Waals surface area contributed by atoms with Gasteiger partial charge in [-0.05, 0) is 91.7 Å². The van der Waals surface area contributed by atoms with Gasteiger partial charge in [-0.25, -0.2) is 0 Å². The largest absolute Gasteiger partial charge is 0.387 e. The van der Waals surface area contributed by atoms with Gasteiger partial charge in [-0.2, -0.15) is 0 Å². The molecule has 3 fully saturated rings. The van der Waals surface area contributed by atoms with Crippen LogP contribution in [0.25, 0.3) is 5.70 Å². The quantitative estimate of drug-likeness (QED) is 0.437. The number of hydrogen-bond donors (Lipinski definition) is 2. The summed E-state index contributed by atoms with van der Waals surface area (Å²) in [6.45, 7) is 12.7. The van der Waals surface area contributed by atoms with Crippen LogP contribution in [0.4, 0.5) is 0 Å². The highest BCUT2D eigenvalue weighted by Gasteiger charge is 2.45. The first kappa shape index (κ1) is 26.7. The number of carbonyl (C=O) groups excluding carboxylic acids is 1. The van der Waals surface area contributed by atoms with Gasteiger partial charge >= 0.3 is 0 Å². The third-order valence-corrected chi connectivity index (χ3v) is 9.72. The van der Waals surface area contributed by atoms with Crippen molar-refractivity contribution in [2.24, 2.45) is 22.7 Å². The number of nitrogens with zero attached hydrogens (tertiary/aromatic N) is 1. The smallest absolute Gasteiger partial charge is 0.253 e. The van der Waals surface area contributed by atoms with Gasteiger partial charge in [0.25, 0.3) is 5.91 Å². The van der Waals surface area contributed by atoms with Crippen molar-refractivity contribution in [1.29, 1.82) is 0 Å². The van der Waals surface area contributed by atoms with Gasteiger partial charge < -0.3 is 19.7 Å². The number of aliphatic hydroxyl groups excluding tert-OH is 1. The first-order valence-electron chi connectivity index (χ1n) is 14.8. The van der Waals surface area contributed by atoms with Gasteiger partial charge in [-0.3, -0.25) is 4.79 Å². The lowest BCUT2D eigenvalue weighted by atomic mass is 9.75. The number of allylic oxidation sites excluding steroid dienone is 4. The van der Waals surface area contributed by atoms with Crippen LogP contribution in [0.1, 0.15) is 120 Å². The molecule has 2 saturated carbocycles. The molecule has 5 nitrogen and oxygen atoms in total. The summed E-state index contributed by atoms with van der Waals surface area (Å²) in [4.78, 5) is 13.6. The van der Waals surface area contributed by atoms with E-state index in [4.69, 9.17) is 4.74 Å². The molecular formula is C32H48N2O3. The predicted molar refractivity (Wildman–Crippen MR) is 149 cm³/mol. The van der Waals surface area contributed by atoms with Crippen LogP contribution >= 0.6 is 0 Å². The molecule has 2 unspecified atom stereocenters. The van der Waals surface area contributed by atoms with Gasteiger partial charge in [0.1, 0.15) is 0 Å². The Kier molecular flexibility index (Phi) is 7.50. The minimum atomic E-state index is -0.551. The monoisotopic (exact) mass is 508 g/mol. The molecule has 5 rings (SSSR count). The molecular weight excluding hydrogens is 460 g/mol. The molecule has 0 spiro atoms. The molecule has 1 aromatic rings. The van der Waals surface area contributed by atoms with E-state index in [1.807, 2.05) is 13.1 Å². The maximum absolute atomic E-state index is 13.6. The summed E-state index contributed by atoms with van der Waals surface area (Å²) in [5, 5.41) is 15.1. The molecule has 0 aromatic carbocycles. The van der Waals surface area contributed by atoms with E-state index in [2.05, 4.69) is 49.7 Å². The number of hydrogen-bond acceptors (Lipinski definition) is 3. The second kappa shape index (κ2) is 10.4. The Morgan fingerprint density at radius 2 is 1.81 bits per heavy atom. The molecule has 2 atom stereocenters. The van der Waals surface area contributed by atoms with Gasteiger partial charge in [-0.15, -0.1) is 0 Å². The maximum atomic E-state index is 13.6. The summed E-state index contributed by atoms with van der Waals surface area (Å²) in [6, 6.07) is 0.152. The van der Waals surface area contributed by atoms with E-state index in [9.17, 15) is 9.90 Å². The highest BCUT2D eigenvalue weighted by Crippen LogP contribution is 2.56. The summed E-state index contributed by atoms with van der Waals surface area (Å²) >= 11 is 0. The fourth-order valence-corrected chi connectivity index (χ4v) is 6.66. The third kappa shape index (κ3) is 5.63. The molecule has 1 aliphatic heterocycles. The summed E-state index contributed by atoms with van der Waals surface area (Å²) < 4.78 is 7.72. The number of amides is 1. The highest BCUT2D eigenvalue weighted by atomic mass is 16.5. The predicted octanol–water partition coefficient (Wildman–Crippen LogP) is 6.95. The SMILES string of the molecule is Cc1c(C(=O)NC2CCOCC2)cn(C2=CC(C(C)(C)C)=CC(C3(C)CC3)C2)c1C(O)C1CCCCC1. The second-order valence-electron chi connectivity index (χ2n) is 13.6. The lowest BCUT2D eigenvalue weighted by molar-refractivity contribution is 0.0696. The van der Waals surface area contributed by atoms with E-state index >= 15 is 0 Å². The zero-order chi connectivity index (χ0) is 26.4. The zero-order valence-corrected chi connectivity index (χ0v) is 23.7. The molecule has 1 saturated heterocycles. The molecule has 1 aromatic heterocycles. The van der Waals surface area contributed by atoms with Crippen LogP contribution in [0, 0.1) is 29.6 Å². The van der Waals surface area contributed by atoms with E-state index in [-0.39, 0.29) is 23.3 Å². The van der Waals surface area contributed by atoms with Gasteiger partial charge in [0.15, 0.2) is 0 Å². The van der Waals surface area contributed by atoms with Gasteiger partial charge in [-0.1, -0.05) is 53.0 Å². The topological polar surface area (TPSA) is 63.5 Å². The third-order valence-electron chi connectivity index (χ3n) is 9.72. The molecule has 3 aliphatic carbocycles. The van der Waals surface area contributed by atoms with E-state index in [1.165, 1.54) is 43.4 Å². The van der Waals surface area contributed by atoms with Crippen LogP contribution in [0.2, 0.25) is 0 Å². The van der Waals surface area contributed by atoms with Crippen molar-refractivity contribution < 1.29 is 14.6 Å². The average molecular weight is 509 g/mol. The molecule has 5 heteroatoms. The van der Waals surface area contributed by atoms with Crippen molar-refractivity contribution >= 4 is 11.6 Å². The standard InChI is InChI=1S/C32H48N2O3/c1-21-27(30(36)33-25-11-15-37-16-12-25)20-34(28(21)29(35)22-9-7-6-8-10-22)26-18-23(31(2,3)4)17-24(19-26)32(5)13-14-32/h17-18,20,22,24-25,29,35H,6-16,19H2,1-5H3,(H,33,36). The fraction of sp³-hybridized carbons (Fsp3) is 0.719. The van der Waals surface area contributed by atoms with Crippen LogP contribution in [-0.4, -0.2) is 34.8 Å². The molecule has 1 amide bonds. The average Bonchev–Trinajstić information content (AvgIpc) is 3.55. The summed E-state index contributed by atoms with van der Waals surface area (Å²) in [5.41, 5.74) is 5.58. The Balaban J connectivity index is 1.54. The number of nitrogens with one attached hydrogen (secondary N) is 1. The number of carbonyl (C=O) groups is 1. The van der Waals surface area contributed by atoms with Crippen LogP contribution < -0.4 is 5.32 Å². The van der Waals surface area contributed by atoms with Crippen LogP contribution in [-0.2, 0) is 4.74 Å². The van der Waals surface area contributed by atoms with Crippen molar-refractivity contribution in [2.45, 2.75) is 111 Å². The van der Waals surface area contributed by atoms with Gasteiger partial charge in [0.05, 0.1) is 17.4 Å². The molecule has 0 bridgehead atoms. The maximum Gasteiger partial charge on any atom is 0.253 e. The van der Waals surface area contributed by atoms with Crippen molar-refractivity contribution in [3.8, 4) is 0 Å². The Morgan fingerprint density at radius 3 is 2.43 bits per heavy atom. The fourth-order valence-electron chi connectivity index (χ4n) is 6.66. The lowest BCUT2D eigenvalue weighted by Gasteiger charge is -2.34. The van der Waals surface area contributed by atoms with Gasteiger partial charge in [0, 0.05) is 31.1 Å². The number of ether oxygens (including phenoxy) is 1. The number of rotatable bonds is 6. The van der Waals surface area contributed by atoms with Crippen molar-refractivity contribution in [3.63, 3.8) is 0 Å². The number of aliphatic hydroxyl groups is 1. The molecule has 37 heavy (non-hydrogen) atoms. The molecule has 2 heterocycles. The summed E-state index contributed by atoms with van der Waals surface area (Å²) in [6.07, 6.45) is 17.3. The Morgan fingerprint density at radius 1 is 1.14 bits per heavy atom. The first-order chi connectivity index (χ1) is 17.6. The lowest BCUT2D eigenvalue weighted by Crippen LogP contribution is -2.39. The summed E-state index contributed by atoms with van der Waals surface area (Å²) in [5.74, 6) is 0.726. The Bertz CT molecular complexity index is 1060. The zero-order valence-electron chi connectivity index (χ0n) is 23.7. The van der Waals surface area contributed by atoms with Crippen molar-refractivity contribution in [1.82, 2.24) is 9.88 Å². The van der Waals surface area contributed by atoms with Crippen molar-refractivity contribution in [3.05, 3.63) is 40.7 Å². The van der Waals surface area contributed by atoms with Crippen molar-refractivity contribution in [2.75, 3.05) is 13.2 Å². The van der Waals surface area contributed by atoms with E-state index < -0.39 is 6.10 Å². The second-order valence-corrected chi connectivity index (χ2v) is 13.6. The normalized spacial score (nSPS) is 25.8. The molecule has 204 valence electrons. The minimum Gasteiger partial charge on any atom is -0.387 e. The summed E-state index contributed by atoms with van der Waals surface area (Å²) in [7, 11) is 0. The highest BCUT2D eigenvalue weighted by molar-refractivity contribution is 5.96. The Labute approximate surface area is 223 Å². The molecule has 4 aliphatic rings. The van der Waals surface area contributed by atoms with Crippen LogP contribution in [0.3, 0.4) is 0 Å². The van der Waals surface area contributed by atoms with Gasteiger partial charge in [0.2, 0.25) is 0 Å². The van der Waals surface area contributed by atoms with E-state index in [1.54, 1.807) is 0 Å². The van der Waals surface area contributed by atoms with E-state index in [0.717, 1.165) is 43.4 Å². The number of aromatic nitrogens is 1.